The van der Waals surface area contributed by atoms with Crippen LogP contribution in [0.4, 0.5) is 5.69 Å². The standard InChI is InChI=1S/C18H22N2O4/c21-16(19-15-7-3-5-13(15)18(23)24)9-8-12-10-11-4-1-2-6-14(11)20-17(12)22/h1-2,4,6,12-13,15H,3,5,7-10H2,(H,19,21)(H,20,22)(H,23,24)/t12?,13-,15+/m1/s1. The van der Waals surface area contributed by atoms with Crippen molar-refractivity contribution in [2.45, 2.75) is 44.6 Å². The van der Waals surface area contributed by atoms with Crippen LogP contribution in [0.5, 0.6) is 0 Å². The fourth-order valence-corrected chi connectivity index (χ4v) is 3.66. The lowest BCUT2D eigenvalue weighted by atomic mass is 9.89. The summed E-state index contributed by atoms with van der Waals surface area (Å²) in [6.07, 6.45) is 3.49. The van der Waals surface area contributed by atoms with Gasteiger partial charge in [-0.25, -0.2) is 0 Å². The molecule has 2 aliphatic rings. The quantitative estimate of drug-likeness (QED) is 0.769. The van der Waals surface area contributed by atoms with Crippen LogP contribution in [0, 0.1) is 11.8 Å². The van der Waals surface area contributed by atoms with Crippen molar-refractivity contribution in [2.75, 3.05) is 5.32 Å². The smallest absolute Gasteiger partial charge is 0.308 e. The summed E-state index contributed by atoms with van der Waals surface area (Å²) in [5, 5.41) is 14.9. The number of para-hydroxylation sites is 1. The van der Waals surface area contributed by atoms with E-state index in [4.69, 9.17) is 5.11 Å². The average molecular weight is 330 g/mol. The summed E-state index contributed by atoms with van der Waals surface area (Å²) in [6.45, 7) is 0. The number of aliphatic carboxylic acids is 1. The van der Waals surface area contributed by atoms with Gasteiger partial charge in [-0.2, -0.15) is 0 Å². The van der Waals surface area contributed by atoms with E-state index in [0.29, 0.717) is 25.7 Å². The highest BCUT2D eigenvalue weighted by molar-refractivity contribution is 5.96. The maximum atomic E-state index is 12.1. The maximum absolute atomic E-state index is 12.1. The summed E-state index contributed by atoms with van der Waals surface area (Å²) >= 11 is 0. The Morgan fingerprint density at radius 2 is 2.04 bits per heavy atom. The number of rotatable bonds is 5. The molecule has 6 nitrogen and oxygen atoms in total. The molecule has 3 N–H and O–H groups in total. The Kier molecular flexibility index (Phi) is 4.83. The molecule has 0 spiro atoms. The van der Waals surface area contributed by atoms with Gasteiger partial charge in [-0.05, 0) is 37.3 Å². The lowest BCUT2D eigenvalue weighted by Gasteiger charge is -2.24. The van der Waals surface area contributed by atoms with Gasteiger partial charge in [-0.1, -0.05) is 24.6 Å². The summed E-state index contributed by atoms with van der Waals surface area (Å²) in [6, 6.07) is 7.40. The number of carboxylic acids is 1. The molecule has 128 valence electrons. The Balaban J connectivity index is 1.51. The molecule has 0 saturated heterocycles. The summed E-state index contributed by atoms with van der Waals surface area (Å²) in [4.78, 5) is 35.4. The molecule has 0 aromatic heterocycles. The van der Waals surface area contributed by atoms with Crippen LogP contribution in [-0.4, -0.2) is 28.9 Å². The van der Waals surface area contributed by atoms with Crippen molar-refractivity contribution < 1.29 is 19.5 Å². The molecule has 0 radical (unpaired) electrons. The molecule has 1 fully saturated rings. The first kappa shape index (κ1) is 16.5. The number of carbonyl (C=O) groups is 3. The lowest BCUT2D eigenvalue weighted by molar-refractivity contribution is -0.142. The first-order valence-corrected chi connectivity index (χ1v) is 8.45. The Morgan fingerprint density at radius 3 is 2.83 bits per heavy atom. The second kappa shape index (κ2) is 7.03. The monoisotopic (exact) mass is 330 g/mol. The largest absolute Gasteiger partial charge is 0.481 e. The van der Waals surface area contributed by atoms with Crippen molar-refractivity contribution in [1.29, 1.82) is 0 Å². The molecule has 1 aromatic carbocycles. The van der Waals surface area contributed by atoms with Crippen LogP contribution in [0.3, 0.4) is 0 Å². The molecular weight excluding hydrogens is 308 g/mol. The Bertz CT molecular complexity index is 658. The van der Waals surface area contributed by atoms with Gasteiger partial charge in [-0.15, -0.1) is 0 Å². The fourth-order valence-electron chi connectivity index (χ4n) is 3.66. The van der Waals surface area contributed by atoms with Crippen molar-refractivity contribution in [3.8, 4) is 0 Å². The molecule has 1 aliphatic heterocycles. The number of hydrogen-bond donors (Lipinski definition) is 3. The maximum Gasteiger partial charge on any atom is 0.308 e. The predicted octanol–water partition coefficient (Wildman–Crippen LogP) is 1.95. The van der Waals surface area contributed by atoms with Crippen molar-refractivity contribution in [1.82, 2.24) is 5.32 Å². The molecule has 1 unspecified atom stereocenters. The van der Waals surface area contributed by atoms with E-state index in [1.54, 1.807) is 0 Å². The van der Waals surface area contributed by atoms with Crippen LogP contribution in [0.2, 0.25) is 0 Å². The number of fused-ring (bicyclic) bond motifs is 1. The minimum atomic E-state index is -0.846. The van der Waals surface area contributed by atoms with Gasteiger partial charge >= 0.3 is 5.97 Å². The highest BCUT2D eigenvalue weighted by Gasteiger charge is 2.34. The summed E-state index contributed by atoms with van der Waals surface area (Å²) in [5.41, 5.74) is 1.93. The van der Waals surface area contributed by atoms with E-state index in [1.165, 1.54) is 0 Å². The van der Waals surface area contributed by atoms with Gasteiger partial charge in [0.1, 0.15) is 0 Å². The first-order chi connectivity index (χ1) is 11.5. The van der Waals surface area contributed by atoms with Gasteiger partial charge in [0.25, 0.3) is 0 Å². The Hall–Kier alpha value is -2.37. The molecule has 6 heteroatoms. The van der Waals surface area contributed by atoms with Crippen LogP contribution in [0.25, 0.3) is 0 Å². The van der Waals surface area contributed by atoms with E-state index in [2.05, 4.69) is 10.6 Å². The molecular formula is C18H22N2O4. The van der Waals surface area contributed by atoms with Gasteiger partial charge < -0.3 is 15.7 Å². The molecule has 3 rings (SSSR count). The van der Waals surface area contributed by atoms with Crippen molar-refractivity contribution in [3.63, 3.8) is 0 Å². The number of hydrogen-bond acceptors (Lipinski definition) is 3. The van der Waals surface area contributed by atoms with Crippen molar-refractivity contribution in [3.05, 3.63) is 29.8 Å². The second-order valence-electron chi connectivity index (χ2n) is 6.64. The van der Waals surface area contributed by atoms with E-state index in [9.17, 15) is 14.4 Å². The SMILES string of the molecule is O=C(CCC1Cc2ccccc2NC1=O)N[C@H]1CCC[C@H]1C(=O)O. The Morgan fingerprint density at radius 1 is 1.25 bits per heavy atom. The number of anilines is 1. The number of nitrogens with one attached hydrogen (secondary N) is 2. The molecule has 1 aliphatic carbocycles. The third kappa shape index (κ3) is 3.58. The Labute approximate surface area is 140 Å². The van der Waals surface area contributed by atoms with E-state index >= 15 is 0 Å². The fraction of sp³-hybridized carbons (Fsp3) is 0.500. The van der Waals surface area contributed by atoms with Gasteiger partial charge in [0.15, 0.2) is 0 Å². The molecule has 1 heterocycles. The third-order valence-corrected chi connectivity index (χ3v) is 5.01. The topological polar surface area (TPSA) is 95.5 Å². The minimum Gasteiger partial charge on any atom is -0.481 e. The van der Waals surface area contributed by atoms with E-state index in [1.807, 2.05) is 24.3 Å². The van der Waals surface area contributed by atoms with E-state index in [0.717, 1.165) is 17.7 Å². The van der Waals surface area contributed by atoms with Crippen LogP contribution in [0.15, 0.2) is 24.3 Å². The summed E-state index contributed by atoms with van der Waals surface area (Å²) in [7, 11) is 0. The van der Waals surface area contributed by atoms with E-state index in [-0.39, 0.29) is 30.2 Å². The normalized spacial score (nSPS) is 25.7. The van der Waals surface area contributed by atoms with Crippen LogP contribution < -0.4 is 10.6 Å². The number of amides is 2. The molecule has 0 bridgehead atoms. The average Bonchev–Trinajstić information content (AvgIpc) is 3.01. The number of carbonyl (C=O) groups excluding carboxylic acids is 2. The van der Waals surface area contributed by atoms with Gasteiger partial charge in [0.05, 0.1) is 5.92 Å². The second-order valence-corrected chi connectivity index (χ2v) is 6.64. The third-order valence-electron chi connectivity index (χ3n) is 5.01. The van der Waals surface area contributed by atoms with Crippen molar-refractivity contribution in [2.24, 2.45) is 11.8 Å². The molecule has 24 heavy (non-hydrogen) atoms. The first-order valence-electron chi connectivity index (χ1n) is 8.45. The zero-order valence-electron chi connectivity index (χ0n) is 13.5. The van der Waals surface area contributed by atoms with E-state index < -0.39 is 11.9 Å². The van der Waals surface area contributed by atoms with Gasteiger partial charge in [0.2, 0.25) is 11.8 Å². The zero-order valence-corrected chi connectivity index (χ0v) is 13.5. The van der Waals surface area contributed by atoms with Crippen LogP contribution in [0.1, 0.15) is 37.7 Å². The number of benzene rings is 1. The summed E-state index contributed by atoms with van der Waals surface area (Å²) < 4.78 is 0. The highest BCUT2D eigenvalue weighted by atomic mass is 16.4. The van der Waals surface area contributed by atoms with Crippen LogP contribution >= 0.6 is 0 Å². The predicted molar refractivity (Wildman–Crippen MR) is 88.4 cm³/mol. The molecule has 2 amide bonds. The zero-order chi connectivity index (χ0) is 17.1. The molecule has 1 saturated carbocycles. The van der Waals surface area contributed by atoms with Crippen LogP contribution in [-0.2, 0) is 20.8 Å². The number of carboxylic acid groups (broad SMARTS) is 1. The summed E-state index contributed by atoms with van der Waals surface area (Å²) in [5.74, 6) is -1.77. The minimum absolute atomic E-state index is 0.0502. The van der Waals surface area contributed by atoms with Gasteiger partial charge in [0, 0.05) is 24.1 Å². The lowest BCUT2D eigenvalue weighted by Crippen LogP contribution is -2.40. The van der Waals surface area contributed by atoms with Gasteiger partial charge in [-0.3, -0.25) is 14.4 Å². The molecule has 1 aromatic rings. The van der Waals surface area contributed by atoms with Crippen molar-refractivity contribution >= 4 is 23.5 Å². The highest BCUT2D eigenvalue weighted by Crippen LogP contribution is 2.28. The molecule has 3 atom stereocenters.